The van der Waals surface area contributed by atoms with E-state index in [0.29, 0.717) is 37.0 Å². The van der Waals surface area contributed by atoms with Gasteiger partial charge in [-0.15, -0.1) is 0 Å². The molecule has 1 amide bonds. The Morgan fingerprint density at radius 1 is 1.43 bits per heavy atom. The Balaban J connectivity index is 1.65. The van der Waals surface area contributed by atoms with E-state index >= 15 is 0 Å². The zero-order chi connectivity index (χ0) is 16.4. The van der Waals surface area contributed by atoms with Gasteiger partial charge in [-0.3, -0.25) is 9.59 Å². The number of fused-ring (bicyclic) bond motifs is 1. The first-order chi connectivity index (χ1) is 11.0. The second-order valence-electron chi connectivity index (χ2n) is 5.98. The molecule has 0 radical (unpaired) electrons. The number of rotatable bonds is 4. The van der Waals surface area contributed by atoms with Gasteiger partial charge in [0.1, 0.15) is 5.75 Å². The zero-order valence-electron chi connectivity index (χ0n) is 12.5. The van der Waals surface area contributed by atoms with Crippen LogP contribution in [0.4, 0.5) is 0 Å². The number of hydrogen-bond acceptors (Lipinski definition) is 4. The van der Waals surface area contributed by atoms with Gasteiger partial charge in [0.25, 0.3) is 5.91 Å². The van der Waals surface area contributed by atoms with Crippen molar-refractivity contribution >= 4 is 23.5 Å². The van der Waals surface area contributed by atoms with E-state index < -0.39 is 11.4 Å². The molecule has 23 heavy (non-hydrogen) atoms. The number of para-hydroxylation sites is 1. The maximum absolute atomic E-state index is 12.4. The van der Waals surface area contributed by atoms with Gasteiger partial charge in [-0.25, -0.2) is 0 Å². The summed E-state index contributed by atoms with van der Waals surface area (Å²) in [6.45, 7) is 1.23. The summed E-state index contributed by atoms with van der Waals surface area (Å²) in [4.78, 5) is 25.6. The summed E-state index contributed by atoms with van der Waals surface area (Å²) in [6.07, 6.45) is 0.433. The van der Waals surface area contributed by atoms with Crippen LogP contribution >= 0.6 is 11.6 Å². The number of carboxylic acids is 1. The highest BCUT2D eigenvalue weighted by Gasteiger charge is 2.54. The summed E-state index contributed by atoms with van der Waals surface area (Å²) < 4.78 is 10.8. The molecule has 1 N–H and O–H groups in total. The van der Waals surface area contributed by atoms with Crippen LogP contribution in [-0.4, -0.2) is 54.8 Å². The Labute approximate surface area is 138 Å². The van der Waals surface area contributed by atoms with Crippen LogP contribution in [0.5, 0.6) is 5.75 Å². The number of likely N-dealkylation sites (tertiary alicyclic amines) is 1. The lowest BCUT2D eigenvalue weighted by molar-refractivity contribution is -0.157. The summed E-state index contributed by atoms with van der Waals surface area (Å²) in [5.41, 5.74) is -0.891. The number of benzene rings is 1. The molecule has 2 heterocycles. The number of carboxylic acid groups (broad SMARTS) is 1. The standard InChI is InChI=1S/C16H18ClNO5/c17-12-3-1-2-4-13(12)23-9-14(19)18-7-11-8-22-6-5-16(11,10-18)15(20)21/h1-4,11H,5-10H2,(H,20,21)/t11-,16+/m0/s1. The molecule has 0 spiro atoms. The molecule has 2 saturated heterocycles. The van der Waals surface area contributed by atoms with E-state index in [2.05, 4.69) is 0 Å². The predicted octanol–water partition coefficient (Wildman–Crippen LogP) is 1.67. The summed E-state index contributed by atoms with van der Waals surface area (Å²) in [6, 6.07) is 6.92. The molecule has 124 valence electrons. The van der Waals surface area contributed by atoms with Gasteiger partial charge in [0.05, 0.1) is 17.0 Å². The number of ether oxygens (including phenoxy) is 2. The lowest BCUT2D eigenvalue weighted by atomic mass is 9.74. The van der Waals surface area contributed by atoms with Gasteiger partial charge >= 0.3 is 5.97 Å². The molecule has 0 aliphatic carbocycles. The average molecular weight is 340 g/mol. The Morgan fingerprint density at radius 2 is 2.22 bits per heavy atom. The molecule has 0 bridgehead atoms. The highest BCUT2D eigenvalue weighted by Crippen LogP contribution is 2.42. The molecule has 2 fully saturated rings. The first-order valence-corrected chi connectivity index (χ1v) is 7.87. The molecule has 0 unspecified atom stereocenters. The summed E-state index contributed by atoms with van der Waals surface area (Å²) in [5.74, 6) is -0.818. The molecule has 1 aromatic rings. The monoisotopic (exact) mass is 339 g/mol. The number of nitrogens with zero attached hydrogens (tertiary/aromatic N) is 1. The lowest BCUT2D eigenvalue weighted by Crippen LogP contribution is -2.45. The fraction of sp³-hybridized carbons (Fsp3) is 0.500. The third-order valence-corrected chi connectivity index (χ3v) is 4.99. The Morgan fingerprint density at radius 3 is 2.91 bits per heavy atom. The SMILES string of the molecule is O=C(COc1ccccc1Cl)N1C[C@H]2COCC[C@@]2(C(=O)O)C1. The number of carbonyl (C=O) groups is 2. The van der Waals surface area contributed by atoms with Crippen molar-refractivity contribution in [2.45, 2.75) is 6.42 Å². The maximum Gasteiger partial charge on any atom is 0.311 e. The minimum Gasteiger partial charge on any atom is -0.482 e. The van der Waals surface area contributed by atoms with Crippen molar-refractivity contribution in [2.24, 2.45) is 11.3 Å². The fourth-order valence-corrected chi connectivity index (χ4v) is 3.47. The van der Waals surface area contributed by atoms with Gasteiger partial charge in [0.2, 0.25) is 0 Å². The van der Waals surface area contributed by atoms with Gasteiger partial charge in [-0.2, -0.15) is 0 Å². The Bertz CT molecular complexity index is 622. The second-order valence-corrected chi connectivity index (χ2v) is 6.38. The zero-order valence-corrected chi connectivity index (χ0v) is 13.3. The van der Waals surface area contributed by atoms with Gasteiger partial charge in [0, 0.05) is 25.6 Å². The van der Waals surface area contributed by atoms with Gasteiger partial charge in [0.15, 0.2) is 6.61 Å². The number of carbonyl (C=O) groups excluding carboxylic acids is 1. The molecular formula is C16H18ClNO5. The van der Waals surface area contributed by atoms with Crippen LogP contribution in [0.1, 0.15) is 6.42 Å². The Kier molecular flexibility index (Phi) is 4.46. The van der Waals surface area contributed by atoms with E-state index in [1.165, 1.54) is 0 Å². The summed E-state index contributed by atoms with van der Waals surface area (Å²) in [7, 11) is 0. The predicted molar refractivity (Wildman–Crippen MR) is 82.5 cm³/mol. The smallest absolute Gasteiger partial charge is 0.311 e. The van der Waals surface area contributed by atoms with Gasteiger partial charge in [-0.1, -0.05) is 23.7 Å². The molecular weight excluding hydrogens is 322 g/mol. The number of amides is 1. The van der Waals surface area contributed by atoms with Crippen molar-refractivity contribution < 1.29 is 24.2 Å². The van der Waals surface area contributed by atoms with Crippen LogP contribution in [0.15, 0.2) is 24.3 Å². The molecule has 2 aliphatic heterocycles. The van der Waals surface area contributed by atoms with Gasteiger partial charge < -0.3 is 19.5 Å². The van der Waals surface area contributed by atoms with E-state index in [4.69, 9.17) is 21.1 Å². The largest absolute Gasteiger partial charge is 0.482 e. The third-order valence-electron chi connectivity index (χ3n) is 4.67. The molecule has 2 atom stereocenters. The topological polar surface area (TPSA) is 76.1 Å². The molecule has 3 rings (SSSR count). The third kappa shape index (κ3) is 3.01. The van der Waals surface area contributed by atoms with Crippen molar-refractivity contribution in [3.8, 4) is 5.75 Å². The fourth-order valence-electron chi connectivity index (χ4n) is 3.28. The lowest BCUT2D eigenvalue weighted by Gasteiger charge is -2.33. The van der Waals surface area contributed by atoms with Crippen LogP contribution in [0.3, 0.4) is 0 Å². The van der Waals surface area contributed by atoms with E-state index in [1.807, 2.05) is 0 Å². The minimum atomic E-state index is -0.891. The quantitative estimate of drug-likeness (QED) is 0.903. The average Bonchev–Trinajstić information content (AvgIpc) is 2.95. The normalized spacial score (nSPS) is 26.7. The van der Waals surface area contributed by atoms with Crippen LogP contribution < -0.4 is 4.74 Å². The van der Waals surface area contributed by atoms with E-state index in [9.17, 15) is 14.7 Å². The second kappa shape index (κ2) is 6.37. The van der Waals surface area contributed by atoms with E-state index in [0.717, 1.165) is 0 Å². The summed E-state index contributed by atoms with van der Waals surface area (Å²) >= 11 is 5.99. The van der Waals surface area contributed by atoms with E-state index in [-0.39, 0.29) is 25.0 Å². The molecule has 7 heteroatoms. The van der Waals surface area contributed by atoms with Crippen LogP contribution in [-0.2, 0) is 14.3 Å². The van der Waals surface area contributed by atoms with E-state index in [1.54, 1.807) is 29.2 Å². The molecule has 6 nitrogen and oxygen atoms in total. The van der Waals surface area contributed by atoms with Gasteiger partial charge in [-0.05, 0) is 18.6 Å². The minimum absolute atomic E-state index is 0.160. The number of halogens is 1. The first kappa shape index (κ1) is 16.1. The highest BCUT2D eigenvalue weighted by molar-refractivity contribution is 6.32. The Hall–Kier alpha value is -1.79. The number of aliphatic carboxylic acids is 1. The first-order valence-electron chi connectivity index (χ1n) is 7.49. The maximum atomic E-state index is 12.4. The van der Waals surface area contributed by atoms with Crippen molar-refractivity contribution in [3.05, 3.63) is 29.3 Å². The van der Waals surface area contributed by atoms with Crippen molar-refractivity contribution in [1.29, 1.82) is 0 Å². The molecule has 0 aromatic heterocycles. The molecule has 2 aliphatic rings. The van der Waals surface area contributed by atoms with Crippen LogP contribution in [0.25, 0.3) is 0 Å². The van der Waals surface area contributed by atoms with Crippen molar-refractivity contribution in [2.75, 3.05) is 32.9 Å². The van der Waals surface area contributed by atoms with Crippen LogP contribution in [0.2, 0.25) is 5.02 Å². The molecule has 1 aromatic carbocycles. The van der Waals surface area contributed by atoms with Crippen LogP contribution in [0, 0.1) is 11.3 Å². The van der Waals surface area contributed by atoms with Crippen molar-refractivity contribution in [3.63, 3.8) is 0 Å². The molecule has 0 saturated carbocycles. The van der Waals surface area contributed by atoms with Crippen molar-refractivity contribution in [1.82, 2.24) is 4.90 Å². The summed E-state index contributed by atoms with van der Waals surface area (Å²) in [5, 5.41) is 10.0. The number of hydrogen-bond donors (Lipinski definition) is 1. The highest BCUT2D eigenvalue weighted by atomic mass is 35.5.